The first-order valence-electron chi connectivity index (χ1n) is 11.4. The molecule has 0 unspecified atom stereocenters. The monoisotopic (exact) mass is 408 g/mol. The summed E-state index contributed by atoms with van der Waals surface area (Å²) in [6.07, 6.45) is 8.34. The third kappa shape index (κ3) is 7.58. The van der Waals surface area contributed by atoms with Crippen LogP contribution >= 0.6 is 11.8 Å². The Hall–Kier alpha value is -0.170. The molecule has 166 valence electrons. The molecule has 0 atom stereocenters. The Morgan fingerprint density at radius 3 is 1.75 bits per heavy atom. The molecule has 0 radical (unpaired) electrons. The summed E-state index contributed by atoms with van der Waals surface area (Å²) in [5, 5.41) is 0. The van der Waals surface area contributed by atoms with Crippen molar-refractivity contribution in [2.45, 2.75) is 108 Å². The fourth-order valence-electron chi connectivity index (χ4n) is 4.68. The van der Waals surface area contributed by atoms with Gasteiger partial charge in [0.15, 0.2) is 0 Å². The van der Waals surface area contributed by atoms with Crippen molar-refractivity contribution < 1.29 is 0 Å². The predicted molar refractivity (Wildman–Crippen MR) is 134 cm³/mol. The van der Waals surface area contributed by atoms with Crippen molar-refractivity contribution in [1.82, 2.24) is 0 Å². The largest absolute Gasteiger partial charge is 0.162 e. The van der Waals surface area contributed by atoms with E-state index in [1.807, 2.05) is 6.08 Å². The molecule has 0 aliphatic rings. The van der Waals surface area contributed by atoms with Gasteiger partial charge in [0.25, 0.3) is 0 Å². The van der Waals surface area contributed by atoms with E-state index in [4.69, 9.17) is 0 Å². The Morgan fingerprint density at radius 1 is 0.786 bits per heavy atom. The number of hydrogen-bond acceptors (Lipinski definition) is 1. The third-order valence-electron chi connectivity index (χ3n) is 7.87. The van der Waals surface area contributed by atoms with E-state index in [-0.39, 0.29) is 21.7 Å². The van der Waals surface area contributed by atoms with Crippen LogP contribution in [0.15, 0.2) is 24.8 Å². The van der Waals surface area contributed by atoms with Gasteiger partial charge in [0.1, 0.15) is 0 Å². The molecule has 0 aliphatic heterocycles. The lowest BCUT2D eigenvalue weighted by Crippen LogP contribution is -2.44. The average molecular weight is 409 g/mol. The summed E-state index contributed by atoms with van der Waals surface area (Å²) in [5.41, 5.74) is 2.24. The highest BCUT2D eigenvalue weighted by atomic mass is 32.2. The first-order chi connectivity index (χ1) is 12.5. The van der Waals surface area contributed by atoms with Crippen molar-refractivity contribution in [2.75, 3.05) is 11.5 Å². The molecule has 0 saturated heterocycles. The standard InChI is InChI=1S/C27H52S/c1-14-18-28-19-16-17-23(4,5)20-24(6,7)25(8,9)21-26(10,11)27(12,13)22(3)15-2/h15H,2-3,14,16-21H2,1,4-13H3. The van der Waals surface area contributed by atoms with Gasteiger partial charge < -0.3 is 0 Å². The molecular formula is C27H52S. The van der Waals surface area contributed by atoms with Crippen molar-refractivity contribution in [3.05, 3.63) is 24.8 Å². The highest BCUT2D eigenvalue weighted by Gasteiger charge is 2.47. The Kier molecular flexibility index (Phi) is 10.2. The second-order valence-electron chi connectivity index (χ2n) is 12.2. The van der Waals surface area contributed by atoms with E-state index in [2.05, 4.69) is 101 Å². The van der Waals surface area contributed by atoms with Crippen molar-refractivity contribution >= 4 is 11.8 Å². The van der Waals surface area contributed by atoms with E-state index < -0.39 is 0 Å². The van der Waals surface area contributed by atoms with Crippen LogP contribution in [0.2, 0.25) is 0 Å². The molecule has 0 bridgehead atoms. The first kappa shape index (κ1) is 27.8. The molecule has 0 rings (SSSR count). The Morgan fingerprint density at radius 2 is 1.29 bits per heavy atom. The van der Waals surface area contributed by atoms with Crippen LogP contribution in [-0.4, -0.2) is 11.5 Å². The van der Waals surface area contributed by atoms with Crippen LogP contribution in [0.5, 0.6) is 0 Å². The zero-order chi connectivity index (χ0) is 22.4. The topological polar surface area (TPSA) is 0 Å². The normalized spacial score (nSPS) is 14.2. The SMILES string of the molecule is C=CC(=C)C(C)(C)C(C)(C)CC(C)(C)C(C)(C)CC(C)(C)CCCSCCC. The molecular weight excluding hydrogens is 356 g/mol. The molecule has 1 heteroatoms. The maximum atomic E-state index is 4.30. The van der Waals surface area contributed by atoms with Gasteiger partial charge in [-0.3, -0.25) is 0 Å². The Labute approximate surface area is 183 Å². The number of rotatable bonds is 14. The van der Waals surface area contributed by atoms with E-state index in [1.165, 1.54) is 43.6 Å². The van der Waals surface area contributed by atoms with Crippen LogP contribution < -0.4 is 0 Å². The van der Waals surface area contributed by atoms with E-state index in [0.29, 0.717) is 5.41 Å². The molecule has 0 nitrogen and oxygen atoms in total. The summed E-state index contributed by atoms with van der Waals surface area (Å²) in [6.45, 7) is 34.9. The highest BCUT2D eigenvalue weighted by molar-refractivity contribution is 7.99. The fraction of sp³-hybridized carbons (Fsp3) is 0.852. The molecule has 0 aromatic rings. The van der Waals surface area contributed by atoms with Crippen LogP contribution in [0.1, 0.15) is 108 Å². The van der Waals surface area contributed by atoms with Crippen molar-refractivity contribution in [3.8, 4) is 0 Å². The van der Waals surface area contributed by atoms with Gasteiger partial charge in [0.05, 0.1) is 0 Å². The van der Waals surface area contributed by atoms with E-state index >= 15 is 0 Å². The zero-order valence-corrected chi connectivity index (χ0v) is 22.2. The molecule has 0 heterocycles. The van der Waals surface area contributed by atoms with Gasteiger partial charge in [0.2, 0.25) is 0 Å². The minimum atomic E-state index is 0.0358. The summed E-state index contributed by atoms with van der Waals surface area (Å²) in [4.78, 5) is 0. The van der Waals surface area contributed by atoms with Crippen molar-refractivity contribution in [1.29, 1.82) is 0 Å². The molecule has 0 amide bonds. The molecule has 0 fully saturated rings. The first-order valence-corrected chi connectivity index (χ1v) is 12.5. The van der Waals surface area contributed by atoms with Gasteiger partial charge in [-0.2, -0.15) is 11.8 Å². The Balaban J connectivity index is 5.21. The zero-order valence-electron chi connectivity index (χ0n) is 21.3. The lowest BCUT2D eigenvalue weighted by molar-refractivity contribution is -0.0149. The summed E-state index contributed by atoms with van der Waals surface area (Å²) in [6, 6.07) is 0. The lowest BCUT2D eigenvalue weighted by Gasteiger charge is -2.53. The minimum absolute atomic E-state index is 0.0358. The second kappa shape index (κ2) is 10.2. The van der Waals surface area contributed by atoms with Gasteiger partial charge in [-0.1, -0.05) is 95.4 Å². The maximum absolute atomic E-state index is 4.30. The number of thioether (sulfide) groups is 1. The summed E-state index contributed by atoms with van der Waals surface area (Å²) >= 11 is 2.12. The predicted octanol–water partition coefficient (Wildman–Crippen LogP) is 9.56. The molecule has 0 aromatic carbocycles. The summed E-state index contributed by atoms with van der Waals surface area (Å²) in [7, 11) is 0. The van der Waals surface area contributed by atoms with Gasteiger partial charge in [-0.25, -0.2) is 0 Å². The summed E-state index contributed by atoms with van der Waals surface area (Å²) in [5.74, 6) is 2.62. The molecule has 0 N–H and O–H groups in total. The molecule has 0 saturated carbocycles. The van der Waals surface area contributed by atoms with E-state index in [0.717, 1.165) is 5.57 Å². The van der Waals surface area contributed by atoms with Gasteiger partial charge >= 0.3 is 0 Å². The maximum Gasteiger partial charge on any atom is -0.00583 e. The van der Waals surface area contributed by atoms with Gasteiger partial charge in [0, 0.05) is 0 Å². The van der Waals surface area contributed by atoms with Crippen LogP contribution in [0.3, 0.4) is 0 Å². The van der Waals surface area contributed by atoms with Gasteiger partial charge in [-0.15, -0.1) is 0 Å². The smallest absolute Gasteiger partial charge is 0.00583 e. The lowest BCUT2D eigenvalue weighted by atomic mass is 9.52. The van der Waals surface area contributed by atoms with Crippen molar-refractivity contribution in [3.63, 3.8) is 0 Å². The minimum Gasteiger partial charge on any atom is -0.162 e. The molecule has 28 heavy (non-hydrogen) atoms. The average Bonchev–Trinajstić information content (AvgIpc) is 2.51. The highest BCUT2D eigenvalue weighted by Crippen LogP contribution is 2.57. The van der Waals surface area contributed by atoms with Crippen LogP contribution in [0.25, 0.3) is 0 Å². The number of allylic oxidation sites excluding steroid dienone is 2. The molecule has 0 aromatic heterocycles. The Bertz CT molecular complexity index is 502. The van der Waals surface area contributed by atoms with Crippen LogP contribution in [0, 0.1) is 27.1 Å². The number of hydrogen-bond donors (Lipinski definition) is 0. The quantitative estimate of drug-likeness (QED) is 0.203. The second-order valence-corrected chi connectivity index (χ2v) is 13.5. The fourth-order valence-corrected chi connectivity index (χ4v) is 5.52. The molecule has 0 aliphatic carbocycles. The van der Waals surface area contributed by atoms with Crippen molar-refractivity contribution in [2.24, 2.45) is 27.1 Å². The van der Waals surface area contributed by atoms with Crippen LogP contribution in [-0.2, 0) is 0 Å². The van der Waals surface area contributed by atoms with Crippen LogP contribution in [0.4, 0.5) is 0 Å². The summed E-state index contributed by atoms with van der Waals surface area (Å²) < 4.78 is 0. The van der Waals surface area contributed by atoms with E-state index in [1.54, 1.807) is 0 Å². The molecule has 0 spiro atoms. The van der Waals surface area contributed by atoms with E-state index in [9.17, 15) is 0 Å². The third-order valence-corrected chi connectivity index (χ3v) is 9.14. The van der Waals surface area contributed by atoms with Gasteiger partial charge in [-0.05, 0) is 76.3 Å².